The van der Waals surface area contributed by atoms with Crippen LogP contribution in [0, 0.1) is 17.3 Å². The molecule has 0 bridgehead atoms. The minimum atomic E-state index is 0. The van der Waals surface area contributed by atoms with Gasteiger partial charge in [-0.05, 0) is 102 Å². The van der Waals surface area contributed by atoms with Crippen LogP contribution in [0.2, 0.25) is 0 Å². The number of methoxy groups -OCH3 is 2. The monoisotopic (exact) mass is 861 g/mol. The predicted molar refractivity (Wildman–Crippen MR) is 292 cm³/mol. The maximum absolute atomic E-state index is 4.75. The quantitative estimate of drug-likeness (QED) is 0.213. The second-order valence-corrected chi connectivity index (χ2v) is 15.2. The van der Waals surface area contributed by atoms with Gasteiger partial charge in [-0.25, -0.2) is 0 Å². The van der Waals surface area contributed by atoms with Gasteiger partial charge in [-0.2, -0.15) is 0 Å². The summed E-state index contributed by atoms with van der Waals surface area (Å²) in [4.78, 5) is 0. The lowest BCUT2D eigenvalue weighted by Gasteiger charge is -2.33. The van der Waals surface area contributed by atoms with E-state index in [4.69, 9.17) is 9.47 Å². The van der Waals surface area contributed by atoms with Gasteiger partial charge < -0.3 is 20.1 Å². The SMILES string of the molecule is C.CC.CC.CC.CC.CC.CC.CC(C)(c1ccccc1)c1ccccc1.CC(C)C(C)(C)C(C)C.CC(C)Nc1cccc(NC(C)C)c1.COC(C)C.COC(C)C. The van der Waals surface area contributed by atoms with Crippen LogP contribution in [-0.4, -0.2) is 38.5 Å². The molecule has 4 nitrogen and oxygen atoms in total. The second kappa shape index (κ2) is 55.2. The van der Waals surface area contributed by atoms with Crippen LogP contribution in [0.3, 0.4) is 0 Å². The van der Waals surface area contributed by atoms with Gasteiger partial charge >= 0.3 is 0 Å². The first kappa shape index (κ1) is 78.6. The lowest BCUT2D eigenvalue weighted by atomic mass is 9.72. The first-order chi connectivity index (χ1) is 28.2. The van der Waals surface area contributed by atoms with Gasteiger partial charge in [-0.3, -0.25) is 0 Å². The van der Waals surface area contributed by atoms with Crippen LogP contribution in [-0.2, 0) is 14.9 Å². The summed E-state index contributed by atoms with van der Waals surface area (Å²) in [6, 6.07) is 30.6. The molecule has 0 heterocycles. The summed E-state index contributed by atoms with van der Waals surface area (Å²) in [6.45, 7) is 58.9. The molecule has 0 saturated heterocycles. The molecular weight excluding hydrogens is 745 g/mol. The topological polar surface area (TPSA) is 42.5 Å². The number of hydrogen-bond acceptors (Lipinski definition) is 4. The van der Waals surface area contributed by atoms with Gasteiger partial charge in [-0.1, -0.05) is 213 Å². The van der Waals surface area contributed by atoms with Crippen molar-refractivity contribution in [2.24, 2.45) is 17.3 Å². The van der Waals surface area contributed by atoms with E-state index in [0.717, 1.165) is 11.8 Å². The zero-order chi connectivity index (χ0) is 49.5. The molecule has 0 aliphatic heterocycles. The third-order valence-electron chi connectivity index (χ3n) is 8.68. The number of benzene rings is 3. The Hall–Kier alpha value is -2.82. The number of ether oxygens (including phenoxy) is 2. The second-order valence-electron chi connectivity index (χ2n) is 15.2. The Morgan fingerprint density at radius 3 is 0.787 bits per heavy atom. The van der Waals surface area contributed by atoms with E-state index in [1.807, 2.05) is 111 Å². The van der Waals surface area contributed by atoms with Crippen LogP contribution in [0.1, 0.15) is 212 Å². The average molecular weight is 862 g/mol. The molecule has 2 N–H and O–H groups in total. The molecule has 0 amide bonds. The van der Waals surface area contributed by atoms with E-state index in [1.165, 1.54) is 22.5 Å². The molecule has 3 rings (SSSR count). The van der Waals surface area contributed by atoms with Crippen molar-refractivity contribution in [2.75, 3.05) is 24.9 Å². The van der Waals surface area contributed by atoms with E-state index in [0.29, 0.717) is 29.7 Å². The van der Waals surface area contributed by atoms with Gasteiger partial charge in [-0.15, -0.1) is 0 Å². The molecule has 0 saturated carbocycles. The van der Waals surface area contributed by atoms with Crippen molar-refractivity contribution in [1.29, 1.82) is 0 Å². The van der Waals surface area contributed by atoms with E-state index in [1.54, 1.807) is 14.2 Å². The molecule has 0 aliphatic carbocycles. The average Bonchev–Trinajstić information content (AvgIpc) is 3.26. The largest absolute Gasteiger partial charge is 0.383 e. The number of rotatable bonds is 10. The Morgan fingerprint density at radius 2 is 0.623 bits per heavy atom. The van der Waals surface area contributed by atoms with Crippen molar-refractivity contribution in [3.63, 3.8) is 0 Å². The Bertz CT molecular complexity index is 1070. The van der Waals surface area contributed by atoms with E-state index in [9.17, 15) is 0 Å². The molecule has 61 heavy (non-hydrogen) atoms. The molecule has 0 aromatic heterocycles. The fourth-order valence-electron chi connectivity index (χ4n) is 3.91. The summed E-state index contributed by atoms with van der Waals surface area (Å²) in [7, 11) is 3.40. The molecule has 366 valence electrons. The van der Waals surface area contributed by atoms with Gasteiger partial charge in [0.05, 0.1) is 12.2 Å². The van der Waals surface area contributed by atoms with Gasteiger partial charge in [0, 0.05) is 43.1 Å². The van der Waals surface area contributed by atoms with Crippen molar-refractivity contribution in [3.05, 3.63) is 96.1 Å². The lowest BCUT2D eigenvalue weighted by Crippen LogP contribution is -2.25. The summed E-state index contributed by atoms with van der Waals surface area (Å²) in [5, 5.41) is 6.76. The summed E-state index contributed by atoms with van der Waals surface area (Å²) in [5.74, 6) is 1.58. The summed E-state index contributed by atoms with van der Waals surface area (Å²) in [6.07, 6.45) is 0.769. The third kappa shape index (κ3) is 49.7. The van der Waals surface area contributed by atoms with Crippen LogP contribution in [0.4, 0.5) is 11.4 Å². The first-order valence-corrected chi connectivity index (χ1v) is 24.0. The molecule has 0 atom stereocenters. The Kier molecular flexibility index (Phi) is 71.2. The smallest absolute Gasteiger partial charge is 0.0515 e. The zero-order valence-corrected chi connectivity index (χ0v) is 46.4. The number of hydrogen-bond donors (Lipinski definition) is 2. The number of anilines is 2. The minimum Gasteiger partial charge on any atom is -0.383 e. The molecule has 4 heteroatoms. The van der Waals surface area contributed by atoms with E-state index >= 15 is 0 Å². The van der Waals surface area contributed by atoms with E-state index in [2.05, 4.69) is 179 Å². The van der Waals surface area contributed by atoms with Gasteiger partial charge in [0.25, 0.3) is 0 Å². The Labute approximate surface area is 388 Å². The van der Waals surface area contributed by atoms with Crippen LogP contribution < -0.4 is 10.6 Å². The fraction of sp³-hybridized carbons (Fsp3) is 0.684. The predicted octanol–water partition coefficient (Wildman–Crippen LogP) is 19.5. The summed E-state index contributed by atoms with van der Waals surface area (Å²) in [5.41, 5.74) is 5.64. The molecule has 3 aromatic rings. The van der Waals surface area contributed by atoms with Crippen molar-refractivity contribution < 1.29 is 9.47 Å². The molecule has 0 aliphatic rings. The van der Waals surface area contributed by atoms with Crippen LogP contribution in [0.15, 0.2) is 84.9 Å². The standard InChI is InChI=1S/C15H16.C12H20N2.C9H20.2C4H10O.6C2H6.CH4/c1-15(2,13-9-5-3-6-10-13)14-11-7-4-8-12-14;1-9(2)13-11-6-5-7-12(8-11)14-10(3)4;1-7(2)9(5,6)8(3)4;2*1-4(2)5-3;6*1-2;/h3-12H,1-2H3;5-10,13-14H,1-4H3;7-8H,1-6H3;2*4H,1-3H3;6*1-2H3;1H4. The summed E-state index contributed by atoms with van der Waals surface area (Å²) >= 11 is 0. The van der Waals surface area contributed by atoms with Gasteiger partial charge in [0.2, 0.25) is 0 Å². The van der Waals surface area contributed by atoms with Crippen molar-refractivity contribution >= 4 is 11.4 Å². The normalized spacial score (nSPS) is 9.38. The van der Waals surface area contributed by atoms with Crippen molar-refractivity contribution in [2.45, 2.75) is 231 Å². The number of nitrogens with one attached hydrogen (secondary N) is 2. The highest BCUT2D eigenvalue weighted by atomic mass is 16.5. The maximum Gasteiger partial charge on any atom is 0.0515 e. The van der Waals surface area contributed by atoms with Crippen LogP contribution in [0.5, 0.6) is 0 Å². The molecule has 0 spiro atoms. The van der Waals surface area contributed by atoms with Crippen LogP contribution >= 0.6 is 0 Å². The van der Waals surface area contributed by atoms with Crippen molar-refractivity contribution in [3.8, 4) is 0 Å². The third-order valence-corrected chi connectivity index (χ3v) is 8.68. The highest BCUT2D eigenvalue weighted by Gasteiger charge is 2.25. The van der Waals surface area contributed by atoms with E-state index in [-0.39, 0.29) is 12.8 Å². The lowest BCUT2D eigenvalue weighted by molar-refractivity contribution is 0.134. The molecule has 3 aromatic carbocycles. The van der Waals surface area contributed by atoms with Crippen LogP contribution in [0.25, 0.3) is 0 Å². The van der Waals surface area contributed by atoms with Gasteiger partial charge in [0.1, 0.15) is 0 Å². The molecule has 0 fully saturated rings. The zero-order valence-electron chi connectivity index (χ0n) is 46.4. The maximum atomic E-state index is 4.75. The molecule has 0 unspecified atom stereocenters. The van der Waals surface area contributed by atoms with E-state index < -0.39 is 0 Å². The molecular formula is C57H116N2O2. The van der Waals surface area contributed by atoms with Crippen molar-refractivity contribution in [1.82, 2.24) is 0 Å². The fourth-order valence-corrected chi connectivity index (χ4v) is 3.91. The highest BCUT2D eigenvalue weighted by Crippen LogP contribution is 2.34. The summed E-state index contributed by atoms with van der Waals surface area (Å²) < 4.78 is 9.50. The van der Waals surface area contributed by atoms with Gasteiger partial charge in [0.15, 0.2) is 0 Å². The minimum absolute atomic E-state index is 0. The Balaban J connectivity index is -0.0000000776. The Morgan fingerprint density at radius 1 is 0.393 bits per heavy atom. The first-order valence-electron chi connectivity index (χ1n) is 24.0. The highest BCUT2D eigenvalue weighted by molar-refractivity contribution is 5.57. The molecule has 0 radical (unpaired) electrons.